The Morgan fingerprint density at radius 2 is 2.00 bits per heavy atom. The monoisotopic (exact) mass is 360 g/mol. The van der Waals surface area contributed by atoms with E-state index in [1.165, 1.54) is 29.0 Å². The number of nitrogens with one attached hydrogen (secondary N) is 1. The first-order chi connectivity index (χ1) is 12.1. The summed E-state index contributed by atoms with van der Waals surface area (Å²) in [5, 5.41) is 2.78. The Morgan fingerprint density at radius 3 is 2.68 bits per heavy atom. The molecule has 0 saturated carbocycles. The number of carbonyl (C=O) groups is 2. The largest absolute Gasteiger partial charge is 0.350 e. The minimum atomic E-state index is -0.305. The molecule has 6 heteroatoms. The van der Waals surface area contributed by atoms with Crippen LogP contribution in [-0.2, 0) is 24.2 Å². The third kappa shape index (κ3) is 4.25. The molecular formula is C19H21FN2O2S. The summed E-state index contributed by atoms with van der Waals surface area (Å²) in [5.74, 6) is -0.608. The molecule has 25 heavy (non-hydrogen) atoms. The van der Waals surface area contributed by atoms with Gasteiger partial charge in [0.05, 0.1) is 11.4 Å². The Balaban J connectivity index is 1.56. The van der Waals surface area contributed by atoms with Gasteiger partial charge in [-0.05, 0) is 55.5 Å². The minimum Gasteiger partial charge on any atom is -0.350 e. The number of hydrogen-bond acceptors (Lipinski definition) is 3. The summed E-state index contributed by atoms with van der Waals surface area (Å²) in [5.41, 5.74) is 2.10. The number of rotatable bonds is 6. The molecule has 1 aliphatic rings. The smallest absolute Gasteiger partial charge is 0.264 e. The van der Waals surface area contributed by atoms with Gasteiger partial charge in [0.2, 0.25) is 5.91 Å². The van der Waals surface area contributed by atoms with Gasteiger partial charge in [0.1, 0.15) is 5.82 Å². The number of aryl methyl sites for hydroxylation is 2. The second-order valence-electron chi connectivity index (χ2n) is 6.14. The highest BCUT2D eigenvalue weighted by molar-refractivity contribution is 7.14. The van der Waals surface area contributed by atoms with Crippen molar-refractivity contribution in [3.8, 4) is 0 Å². The van der Waals surface area contributed by atoms with Gasteiger partial charge in [0.15, 0.2) is 0 Å². The SMILES string of the molecule is CCN(CC(=O)NCc1ccc(F)cc1)C(=O)c1cc2c(s1)CCC2. The second-order valence-corrected chi connectivity index (χ2v) is 7.27. The van der Waals surface area contributed by atoms with Gasteiger partial charge < -0.3 is 10.2 Å². The van der Waals surface area contributed by atoms with Gasteiger partial charge in [-0.25, -0.2) is 4.39 Å². The topological polar surface area (TPSA) is 49.4 Å². The molecule has 0 unspecified atom stereocenters. The zero-order chi connectivity index (χ0) is 17.8. The van der Waals surface area contributed by atoms with Crippen molar-refractivity contribution in [1.82, 2.24) is 10.2 Å². The molecule has 1 N–H and O–H groups in total. The van der Waals surface area contributed by atoms with Gasteiger partial charge in [0.25, 0.3) is 5.91 Å². The number of nitrogens with zero attached hydrogens (tertiary/aromatic N) is 1. The summed E-state index contributed by atoms with van der Waals surface area (Å²) in [7, 11) is 0. The third-order valence-corrected chi connectivity index (χ3v) is 5.59. The molecule has 0 fully saturated rings. The van der Waals surface area contributed by atoms with Crippen molar-refractivity contribution in [2.24, 2.45) is 0 Å². The first-order valence-electron chi connectivity index (χ1n) is 8.49. The molecule has 0 spiro atoms. The number of carbonyl (C=O) groups excluding carboxylic acids is 2. The van der Waals surface area contributed by atoms with Crippen LogP contribution in [0.15, 0.2) is 30.3 Å². The molecule has 1 aromatic carbocycles. The van der Waals surface area contributed by atoms with E-state index in [2.05, 4.69) is 5.32 Å². The molecule has 2 amide bonds. The van der Waals surface area contributed by atoms with Crippen molar-refractivity contribution >= 4 is 23.2 Å². The quantitative estimate of drug-likeness (QED) is 0.860. The number of benzene rings is 1. The molecule has 0 bridgehead atoms. The lowest BCUT2D eigenvalue weighted by atomic mass is 10.2. The van der Waals surface area contributed by atoms with E-state index in [0.29, 0.717) is 13.1 Å². The standard InChI is InChI=1S/C19H21FN2O2S/c1-2-22(19(24)17-10-14-4-3-5-16(14)25-17)12-18(23)21-11-13-6-8-15(20)9-7-13/h6-10H,2-5,11-12H2,1H3,(H,21,23). The van der Waals surface area contributed by atoms with Crippen LogP contribution in [0.3, 0.4) is 0 Å². The lowest BCUT2D eigenvalue weighted by molar-refractivity contribution is -0.121. The number of thiophene rings is 1. The average Bonchev–Trinajstić information content (AvgIpc) is 3.20. The van der Waals surface area contributed by atoms with E-state index in [4.69, 9.17) is 0 Å². The number of halogens is 1. The molecule has 1 aromatic heterocycles. The first-order valence-corrected chi connectivity index (χ1v) is 9.30. The molecule has 132 valence electrons. The molecular weight excluding hydrogens is 339 g/mol. The summed E-state index contributed by atoms with van der Waals surface area (Å²) < 4.78 is 12.9. The summed E-state index contributed by atoms with van der Waals surface area (Å²) in [6.45, 7) is 2.69. The van der Waals surface area contributed by atoms with Crippen LogP contribution in [0.5, 0.6) is 0 Å². The van der Waals surface area contributed by atoms with Gasteiger partial charge in [-0.3, -0.25) is 9.59 Å². The Kier molecular flexibility index (Phi) is 5.48. The van der Waals surface area contributed by atoms with Crippen LogP contribution in [0, 0.1) is 5.82 Å². The van der Waals surface area contributed by atoms with E-state index in [0.717, 1.165) is 23.3 Å². The Labute approximate surface area is 150 Å². The predicted molar refractivity (Wildman–Crippen MR) is 96.2 cm³/mol. The molecule has 3 rings (SSSR count). The van der Waals surface area contributed by atoms with E-state index < -0.39 is 0 Å². The molecule has 2 aromatic rings. The van der Waals surface area contributed by atoms with Crippen LogP contribution in [0.2, 0.25) is 0 Å². The first kappa shape index (κ1) is 17.6. The molecule has 0 saturated heterocycles. The molecule has 4 nitrogen and oxygen atoms in total. The predicted octanol–water partition coefficient (Wildman–Crippen LogP) is 3.15. The second kappa shape index (κ2) is 7.78. The third-order valence-electron chi connectivity index (χ3n) is 4.36. The fourth-order valence-electron chi connectivity index (χ4n) is 2.95. The lowest BCUT2D eigenvalue weighted by Crippen LogP contribution is -2.40. The Hall–Kier alpha value is -2.21. The van der Waals surface area contributed by atoms with Gasteiger partial charge in [-0.2, -0.15) is 0 Å². The normalized spacial score (nSPS) is 12.7. The van der Waals surface area contributed by atoms with Gasteiger partial charge in [0, 0.05) is 18.0 Å². The maximum Gasteiger partial charge on any atom is 0.264 e. The molecule has 1 aliphatic carbocycles. The number of hydrogen-bond donors (Lipinski definition) is 1. The zero-order valence-electron chi connectivity index (χ0n) is 14.2. The summed E-state index contributed by atoms with van der Waals surface area (Å²) >= 11 is 1.55. The molecule has 0 radical (unpaired) electrons. The highest BCUT2D eigenvalue weighted by Gasteiger charge is 2.23. The minimum absolute atomic E-state index is 0.0269. The maximum atomic E-state index is 12.9. The van der Waals surface area contributed by atoms with E-state index >= 15 is 0 Å². The molecule has 1 heterocycles. The fourth-order valence-corrected chi connectivity index (χ4v) is 4.17. The van der Waals surface area contributed by atoms with Crippen LogP contribution >= 0.6 is 11.3 Å². The van der Waals surface area contributed by atoms with Crippen molar-refractivity contribution in [2.45, 2.75) is 32.7 Å². The molecule has 0 atom stereocenters. The van der Waals surface area contributed by atoms with E-state index in [1.54, 1.807) is 28.4 Å². The zero-order valence-corrected chi connectivity index (χ0v) is 15.0. The Morgan fingerprint density at radius 1 is 1.24 bits per heavy atom. The van der Waals surface area contributed by atoms with E-state index in [9.17, 15) is 14.0 Å². The lowest BCUT2D eigenvalue weighted by Gasteiger charge is -2.19. The van der Waals surface area contributed by atoms with E-state index in [-0.39, 0.29) is 24.2 Å². The summed E-state index contributed by atoms with van der Waals surface area (Å²) in [6, 6.07) is 7.96. The van der Waals surface area contributed by atoms with Gasteiger partial charge in [-0.1, -0.05) is 12.1 Å². The van der Waals surface area contributed by atoms with Crippen molar-refractivity contribution in [3.05, 3.63) is 57.0 Å². The Bertz CT molecular complexity index is 749. The van der Waals surface area contributed by atoms with Crippen molar-refractivity contribution < 1.29 is 14.0 Å². The van der Waals surface area contributed by atoms with Gasteiger partial charge in [-0.15, -0.1) is 11.3 Å². The van der Waals surface area contributed by atoms with Crippen LogP contribution in [-0.4, -0.2) is 29.8 Å². The number of likely N-dealkylation sites (N-methyl/N-ethyl adjacent to an activating group) is 1. The van der Waals surface area contributed by atoms with Crippen LogP contribution in [0.25, 0.3) is 0 Å². The van der Waals surface area contributed by atoms with Crippen LogP contribution in [0.4, 0.5) is 4.39 Å². The average molecular weight is 360 g/mol. The van der Waals surface area contributed by atoms with Crippen LogP contribution < -0.4 is 5.32 Å². The summed E-state index contributed by atoms with van der Waals surface area (Å²) in [4.78, 5) is 28.4. The summed E-state index contributed by atoms with van der Waals surface area (Å²) in [6.07, 6.45) is 3.26. The van der Waals surface area contributed by atoms with Gasteiger partial charge >= 0.3 is 0 Å². The van der Waals surface area contributed by atoms with Crippen LogP contribution in [0.1, 0.15) is 39.0 Å². The highest BCUT2D eigenvalue weighted by atomic mass is 32.1. The maximum absolute atomic E-state index is 12.9. The molecule has 0 aliphatic heterocycles. The van der Waals surface area contributed by atoms with Crippen molar-refractivity contribution in [1.29, 1.82) is 0 Å². The number of fused-ring (bicyclic) bond motifs is 1. The fraction of sp³-hybridized carbons (Fsp3) is 0.368. The highest BCUT2D eigenvalue weighted by Crippen LogP contribution is 2.31. The van der Waals surface area contributed by atoms with E-state index in [1.807, 2.05) is 13.0 Å². The van der Waals surface area contributed by atoms with Crippen molar-refractivity contribution in [3.63, 3.8) is 0 Å². The number of amides is 2. The van der Waals surface area contributed by atoms with Crippen molar-refractivity contribution in [2.75, 3.05) is 13.1 Å².